The maximum Gasteiger partial charge on any atom is 0.283 e. The molecular formula is C12H17FN2O3S. The van der Waals surface area contributed by atoms with Gasteiger partial charge in [-0.2, -0.15) is 0 Å². The van der Waals surface area contributed by atoms with Crippen molar-refractivity contribution in [3.05, 3.63) is 21.7 Å². The number of hydrogen-bond donors (Lipinski definition) is 1. The van der Waals surface area contributed by atoms with Gasteiger partial charge in [-0.1, -0.05) is 0 Å². The van der Waals surface area contributed by atoms with Crippen molar-refractivity contribution < 1.29 is 19.1 Å². The standard InChI is InChI=1S/C12H17FN2O3S/c1-7(5-9-6-19-8(2)14-9)11(16)10(13)12(17)15(3)18-4/h5-6,10-11,16H,1-4H3/b7-5+. The molecule has 5 nitrogen and oxygen atoms in total. The third-order valence-corrected chi connectivity index (χ3v) is 3.37. The molecule has 0 aliphatic carbocycles. The molecule has 0 aliphatic heterocycles. The number of carbonyl (C=O) groups is 1. The molecule has 19 heavy (non-hydrogen) atoms. The average Bonchev–Trinajstić information content (AvgIpc) is 2.80. The molecule has 0 fully saturated rings. The van der Waals surface area contributed by atoms with E-state index in [0.717, 1.165) is 10.1 Å². The number of hydroxylamine groups is 2. The molecule has 2 unspecified atom stereocenters. The van der Waals surface area contributed by atoms with Crippen LogP contribution in [0.5, 0.6) is 0 Å². The van der Waals surface area contributed by atoms with Crippen molar-refractivity contribution in [2.24, 2.45) is 0 Å². The van der Waals surface area contributed by atoms with E-state index in [1.54, 1.807) is 18.4 Å². The fraction of sp³-hybridized carbons (Fsp3) is 0.500. The van der Waals surface area contributed by atoms with Crippen molar-refractivity contribution >= 4 is 23.3 Å². The lowest BCUT2D eigenvalue weighted by atomic mass is 10.1. The Morgan fingerprint density at radius 2 is 2.32 bits per heavy atom. The average molecular weight is 288 g/mol. The van der Waals surface area contributed by atoms with E-state index in [2.05, 4.69) is 9.82 Å². The Bertz CT molecular complexity index is 475. The van der Waals surface area contributed by atoms with Crippen molar-refractivity contribution in [2.45, 2.75) is 26.1 Å². The second kappa shape index (κ2) is 6.74. The highest BCUT2D eigenvalue weighted by atomic mass is 32.1. The number of hydrogen-bond acceptors (Lipinski definition) is 5. The summed E-state index contributed by atoms with van der Waals surface area (Å²) in [6, 6.07) is 0. The number of aromatic nitrogens is 1. The molecule has 1 aromatic heterocycles. The summed E-state index contributed by atoms with van der Waals surface area (Å²) in [5.74, 6) is -0.933. The second-order valence-corrected chi connectivity index (χ2v) is 5.11. The van der Waals surface area contributed by atoms with Crippen LogP contribution in [0.25, 0.3) is 6.08 Å². The highest BCUT2D eigenvalue weighted by Gasteiger charge is 2.30. The molecule has 1 heterocycles. The summed E-state index contributed by atoms with van der Waals surface area (Å²) in [6.45, 7) is 3.40. The Kier molecular flexibility index (Phi) is 5.59. The lowest BCUT2D eigenvalue weighted by Crippen LogP contribution is -2.40. The van der Waals surface area contributed by atoms with Gasteiger partial charge in [-0.25, -0.2) is 14.4 Å². The van der Waals surface area contributed by atoms with E-state index in [9.17, 15) is 14.3 Å². The smallest absolute Gasteiger partial charge is 0.283 e. The molecule has 1 amide bonds. The summed E-state index contributed by atoms with van der Waals surface area (Å²) >= 11 is 1.46. The van der Waals surface area contributed by atoms with Gasteiger partial charge >= 0.3 is 0 Å². The largest absolute Gasteiger partial charge is 0.385 e. The minimum absolute atomic E-state index is 0.329. The van der Waals surface area contributed by atoms with E-state index in [4.69, 9.17) is 0 Å². The van der Waals surface area contributed by atoms with Gasteiger partial charge in [-0.15, -0.1) is 11.3 Å². The van der Waals surface area contributed by atoms with E-state index in [1.807, 2.05) is 6.92 Å². The van der Waals surface area contributed by atoms with Crippen LogP contribution < -0.4 is 0 Å². The predicted octanol–water partition coefficient (Wildman–Crippen LogP) is 1.57. The first-order chi connectivity index (χ1) is 8.86. The molecule has 106 valence electrons. The maximum absolute atomic E-state index is 13.8. The van der Waals surface area contributed by atoms with Crippen LogP contribution >= 0.6 is 11.3 Å². The van der Waals surface area contributed by atoms with E-state index in [-0.39, 0.29) is 0 Å². The molecule has 0 saturated heterocycles. The summed E-state index contributed by atoms with van der Waals surface area (Å²) in [4.78, 5) is 20.3. The zero-order valence-electron chi connectivity index (χ0n) is 11.3. The van der Waals surface area contributed by atoms with Crippen molar-refractivity contribution in [3.8, 4) is 0 Å². The lowest BCUT2D eigenvalue weighted by molar-refractivity contribution is -0.177. The SMILES string of the molecule is CON(C)C(=O)C(F)C(O)/C(C)=C/c1csc(C)n1. The van der Waals surface area contributed by atoms with Gasteiger partial charge in [-0.3, -0.25) is 9.63 Å². The Hall–Kier alpha value is -1.31. The number of alkyl halides is 1. The van der Waals surface area contributed by atoms with E-state index < -0.39 is 18.2 Å². The van der Waals surface area contributed by atoms with Gasteiger partial charge in [-0.05, 0) is 25.5 Å². The topological polar surface area (TPSA) is 62.7 Å². The van der Waals surface area contributed by atoms with E-state index >= 15 is 0 Å². The molecule has 7 heteroatoms. The van der Waals surface area contributed by atoms with E-state index in [0.29, 0.717) is 11.3 Å². The highest BCUT2D eigenvalue weighted by Crippen LogP contribution is 2.17. The van der Waals surface area contributed by atoms with Crippen LogP contribution in [0.15, 0.2) is 11.0 Å². The van der Waals surface area contributed by atoms with Gasteiger partial charge in [0.1, 0.15) is 6.10 Å². The first-order valence-corrected chi connectivity index (χ1v) is 6.49. The number of aliphatic hydroxyl groups excluding tert-OH is 1. The van der Waals surface area contributed by atoms with Gasteiger partial charge < -0.3 is 5.11 Å². The minimum atomic E-state index is -2.07. The van der Waals surface area contributed by atoms with Crippen LogP contribution in [0.3, 0.4) is 0 Å². The van der Waals surface area contributed by atoms with Crippen molar-refractivity contribution in [3.63, 3.8) is 0 Å². The molecule has 0 spiro atoms. The quantitative estimate of drug-likeness (QED) is 0.836. The van der Waals surface area contributed by atoms with Crippen LogP contribution in [-0.4, -0.2) is 47.5 Å². The summed E-state index contributed by atoms with van der Waals surface area (Å²) in [7, 11) is 2.53. The van der Waals surface area contributed by atoms with Crippen LogP contribution in [0.4, 0.5) is 4.39 Å². The molecule has 2 atom stereocenters. The van der Waals surface area contributed by atoms with Gasteiger partial charge in [0, 0.05) is 12.4 Å². The molecule has 0 bridgehead atoms. The van der Waals surface area contributed by atoms with E-state index in [1.165, 1.54) is 25.5 Å². The number of carbonyl (C=O) groups excluding carboxylic acids is 1. The van der Waals surface area contributed by atoms with Crippen LogP contribution in [0.2, 0.25) is 0 Å². The third kappa shape index (κ3) is 4.09. The first kappa shape index (κ1) is 15.7. The van der Waals surface area contributed by atoms with Crippen molar-refractivity contribution in [2.75, 3.05) is 14.2 Å². The zero-order valence-corrected chi connectivity index (χ0v) is 12.1. The Morgan fingerprint density at radius 1 is 1.68 bits per heavy atom. The molecule has 1 rings (SSSR count). The number of nitrogens with zero attached hydrogens (tertiary/aromatic N) is 2. The molecule has 0 saturated carbocycles. The van der Waals surface area contributed by atoms with Crippen molar-refractivity contribution in [1.29, 1.82) is 0 Å². The van der Waals surface area contributed by atoms with Gasteiger partial charge in [0.25, 0.3) is 5.91 Å². The minimum Gasteiger partial charge on any atom is -0.385 e. The molecule has 1 aromatic rings. The molecule has 1 N–H and O–H groups in total. The number of rotatable bonds is 5. The number of aryl methyl sites for hydroxylation is 1. The predicted molar refractivity (Wildman–Crippen MR) is 71.2 cm³/mol. The van der Waals surface area contributed by atoms with Crippen LogP contribution in [0.1, 0.15) is 17.6 Å². The summed E-state index contributed by atoms with van der Waals surface area (Å²) in [5.41, 5.74) is 0.967. The molecular weight excluding hydrogens is 271 g/mol. The normalized spacial score (nSPS) is 15.2. The Labute approximate surface area is 115 Å². The lowest BCUT2D eigenvalue weighted by Gasteiger charge is -2.20. The van der Waals surface area contributed by atoms with Gasteiger partial charge in [0.15, 0.2) is 0 Å². The number of thiazole rings is 1. The third-order valence-electron chi connectivity index (χ3n) is 2.58. The zero-order chi connectivity index (χ0) is 14.6. The monoisotopic (exact) mass is 288 g/mol. The summed E-state index contributed by atoms with van der Waals surface area (Å²) < 4.78 is 13.8. The van der Waals surface area contributed by atoms with Gasteiger partial charge in [0.2, 0.25) is 6.17 Å². The molecule has 0 radical (unpaired) electrons. The number of halogens is 1. The second-order valence-electron chi connectivity index (χ2n) is 4.04. The number of amides is 1. The fourth-order valence-electron chi connectivity index (χ4n) is 1.39. The molecule has 0 aliphatic rings. The highest BCUT2D eigenvalue weighted by molar-refractivity contribution is 7.09. The Balaban J connectivity index is 2.78. The fourth-order valence-corrected chi connectivity index (χ4v) is 1.96. The van der Waals surface area contributed by atoms with Crippen LogP contribution in [0, 0.1) is 6.92 Å². The van der Waals surface area contributed by atoms with Crippen LogP contribution in [-0.2, 0) is 9.63 Å². The molecule has 0 aromatic carbocycles. The summed E-state index contributed by atoms with van der Waals surface area (Å²) in [6.07, 6.45) is -2.03. The maximum atomic E-state index is 13.8. The Morgan fingerprint density at radius 3 is 2.79 bits per heavy atom. The van der Waals surface area contributed by atoms with Gasteiger partial charge in [0.05, 0.1) is 17.8 Å². The summed E-state index contributed by atoms with van der Waals surface area (Å²) in [5, 5.41) is 13.2. The van der Waals surface area contributed by atoms with Crippen molar-refractivity contribution in [1.82, 2.24) is 10.0 Å². The first-order valence-electron chi connectivity index (χ1n) is 5.61. The number of aliphatic hydroxyl groups is 1.